The molecule has 0 fully saturated rings. The van der Waals surface area contributed by atoms with Crippen molar-refractivity contribution in [3.63, 3.8) is 0 Å². The fourth-order valence-corrected chi connectivity index (χ4v) is 3.59. The molecular formula is C13H22N2O3S. The van der Waals surface area contributed by atoms with E-state index in [0.29, 0.717) is 18.7 Å². The molecule has 0 aliphatic rings. The van der Waals surface area contributed by atoms with Gasteiger partial charge in [0.05, 0.1) is 4.90 Å². The van der Waals surface area contributed by atoms with Crippen molar-refractivity contribution >= 4 is 15.7 Å². The number of nitrogens with zero attached hydrogens (tertiary/aromatic N) is 1. The maximum absolute atomic E-state index is 12.5. The summed E-state index contributed by atoms with van der Waals surface area (Å²) in [5.41, 5.74) is 7.02. The summed E-state index contributed by atoms with van der Waals surface area (Å²) in [6.45, 7) is 5.69. The number of rotatable bonds is 6. The lowest BCUT2D eigenvalue weighted by atomic mass is 10.2. The first-order chi connectivity index (χ1) is 8.80. The predicted octanol–water partition coefficient (Wildman–Crippen LogP) is 1.36. The van der Waals surface area contributed by atoms with Gasteiger partial charge in [0.1, 0.15) is 0 Å². The molecule has 0 bridgehead atoms. The molecular weight excluding hydrogens is 264 g/mol. The normalized spacial score (nSPS) is 12.3. The third-order valence-electron chi connectivity index (χ3n) is 2.96. The Morgan fingerprint density at radius 3 is 2.47 bits per heavy atom. The maximum Gasteiger partial charge on any atom is 0.243 e. The molecule has 6 heteroatoms. The van der Waals surface area contributed by atoms with E-state index in [2.05, 4.69) is 0 Å². The van der Waals surface area contributed by atoms with Crippen LogP contribution in [0.3, 0.4) is 0 Å². The van der Waals surface area contributed by atoms with Crippen molar-refractivity contribution in [2.75, 3.05) is 18.9 Å². The van der Waals surface area contributed by atoms with Crippen LogP contribution >= 0.6 is 0 Å². The van der Waals surface area contributed by atoms with Crippen LogP contribution in [0.5, 0.6) is 0 Å². The van der Waals surface area contributed by atoms with Crippen LogP contribution in [0.2, 0.25) is 0 Å². The van der Waals surface area contributed by atoms with E-state index in [1.807, 2.05) is 13.8 Å². The zero-order valence-electron chi connectivity index (χ0n) is 11.6. The van der Waals surface area contributed by atoms with E-state index in [4.69, 9.17) is 10.8 Å². The number of hydrogen-bond donors (Lipinski definition) is 2. The van der Waals surface area contributed by atoms with E-state index in [0.717, 1.165) is 5.56 Å². The monoisotopic (exact) mass is 286 g/mol. The molecule has 0 saturated carbocycles. The average molecular weight is 286 g/mol. The van der Waals surface area contributed by atoms with Gasteiger partial charge in [0.2, 0.25) is 10.0 Å². The summed E-state index contributed by atoms with van der Waals surface area (Å²) in [6, 6.07) is 4.55. The Labute approximate surface area is 115 Å². The Morgan fingerprint density at radius 1 is 1.37 bits per heavy atom. The van der Waals surface area contributed by atoms with Crippen LogP contribution in [0, 0.1) is 6.92 Å². The summed E-state index contributed by atoms with van der Waals surface area (Å²) < 4.78 is 26.5. The molecule has 0 unspecified atom stereocenters. The lowest BCUT2D eigenvalue weighted by molar-refractivity contribution is 0.258. The van der Waals surface area contributed by atoms with Crippen LogP contribution in [-0.4, -0.2) is 37.0 Å². The van der Waals surface area contributed by atoms with E-state index in [9.17, 15) is 8.42 Å². The SMILES string of the molecule is Cc1cc(S(=O)(=O)N(CCCO)C(C)C)ccc1N. The van der Waals surface area contributed by atoms with E-state index >= 15 is 0 Å². The summed E-state index contributed by atoms with van der Waals surface area (Å²) in [7, 11) is -3.55. The lowest BCUT2D eigenvalue weighted by Gasteiger charge is -2.26. The van der Waals surface area contributed by atoms with Crippen LogP contribution in [-0.2, 0) is 10.0 Å². The number of anilines is 1. The van der Waals surface area contributed by atoms with Crippen LogP contribution in [0.25, 0.3) is 0 Å². The van der Waals surface area contributed by atoms with E-state index in [1.165, 1.54) is 10.4 Å². The second kappa shape index (κ2) is 6.36. The molecule has 0 saturated heterocycles. The van der Waals surface area contributed by atoms with Gasteiger partial charge in [-0.15, -0.1) is 0 Å². The van der Waals surface area contributed by atoms with Gasteiger partial charge < -0.3 is 10.8 Å². The molecule has 0 heterocycles. The largest absolute Gasteiger partial charge is 0.399 e. The minimum Gasteiger partial charge on any atom is -0.399 e. The summed E-state index contributed by atoms with van der Waals surface area (Å²) in [6.07, 6.45) is 0.422. The average Bonchev–Trinajstić information content (AvgIpc) is 2.32. The van der Waals surface area contributed by atoms with Crippen LogP contribution < -0.4 is 5.73 Å². The number of benzene rings is 1. The first kappa shape index (κ1) is 15.9. The van der Waals surface area contributed by atoms with Crippen molar-refractivity contribution in [3.05, 3.63) is 23.8 Å². The Balaban J connectivity index is 3.15. The molecule has 3 N–H and O–H groups in total. The minimum absolute atomic E-state index is 0.0283. The van der Waals surface area contributed by atoms with Gasteiger partial charge in [0.15, 0.2) is 0 Å². The first-order valence-electron chi connectivity index (χ1n) is 6.29. The van der Waals surface area contributed by atoms with Gasteiger partial charge in [-0.2, -0.15) is 4.31 Å². The number of aryl methyl sites for hydroxylation is 1. The first-order valence-corrected chi connectivity index (χ1v) is 7.73. The molecule has 0 spiro atoms. The molecule has 0 amide bonds. The van der Waals surface area contributed by atoms with Crippen molar-refractivity contribution in [3.8, 4) is 0 Å². The van der Waals surface area contributed by atoms with Crippen LogP contribution in [0.15, 0.2) is 23.1 Å². The molecule has 0 aromatic heterocycles. The highest BCUT2D eigenvalue weighted by Gasteiger charge is 2.26. The molecule has 19 heavy (non-hydrogen) atoms. The maximum atomic E-state index is 12.5. The van der Waals surface area contributed by atoms with Gasteiger partial charge in [-0.1, -0.05) is 0 Å². The molecule has 0 aliphatic heterocycles. The highest BCUT2D eigenvalue weighted by molar-refractivity contribution is 7.89. The van der Waals surface area contributed by atoms with Crippen molar-refractivity contribution in [1.29, 1.82) is 0 Å². The Morgan fingerprint density at radius 2 is 2.00 bits per heavy atom. The zero-order chi connectivity index (χ0) is 14.6. The number of nitrogen functional groups attached to an aromatic ring is 1. The number of nitrogens with two attached hydrogens (primary N) is 1. The molecule has 0 radical (unpaired) electrons. The topological polar surface area (TPSA) is 83.6 Å². The third-order valence-corrected chi connectivity index (χ3v) is 5.03. The summed E-state index contributed by atoms with van der Waals surface area (Å²) in [5, 5.41) is 8.88. The highest BCUT2D eigenvalue weighted by Crippen LogP contribution is 2.22. The summed E-state index contributed by atoms with van der Waals surface area (Å²) in [5.74, 6) is 0. The second-order valence-corrected chi connectivity index (χ2v) is 6.70. The Hall–Kier alpha value is -1.11. The smallest absolute Gasteiger partial charge is 0.243 e. The lowest BCUT2D eigenvalue weighted by Crippen LogP contribution is -2.38. The second-order valence-electron chi connectivity index (χ2n) is 4.81. The van der Waals surface area contributed by atoms with E-state index in [1.54, 1.807) is 19.1 Å². The molecule has 1 rings (SSSR count). The van der Waals surface area contributed by atoms with Crippen LogP contribution in [0.1, 0.15) is 25.8 Å². The van der Waals surface area contributed by atoms with Crippen LogP contribution in [0.4, 0.5) is 5.69 Å². The molecule has 1 aromatic carbocycles. The van der Waals surface area contributed by atoms with Gasteiger partial charge >= 0.3 is 0 Å². The number of aliphatic hydroxyl groups is 1. The van der Waals surface area contributed by atoms with E-state index in [-0.39, 0.29) is 17.5 Å². The van der Waals surface area contributed by atoms with Gasteiger partial charge in [0, 0.05) is 24.9 Å². The van der Waals surface area contributed by atoms with Crippen molar-refractivity contribution < 1.29 is 13.5 Å². The number of sulfonamides is 1. The number of aliphatic hydroxyl groups excluding tert-OH is 1. The highest BCUT2D eigenvalue weighted by atomic mass is 32.2. The van der Waals surface area contributed by atoms with Crippen molar-refractivity contribution in [2.45, 2.75) is 38.1 Å². The number of hydrogen-bond acceptors (Lipinski definition) is 4. The van der Waals surface area contributed by atoms with Gasteiger partial charge in [0.25, 0.3) is 0 Å². The Bertz CT molecular complexity index is 527. The van der Waals surface area contributed by atoms with Crippen molar-refractivity contribution in [2.24, 2.45) is 0 Å². The fraction of sp³-hybridized carbons (Fsp3) is 0.538. The standard InChI is InChI=1S/C13H22N2O3S/c1-10(2)15(7-4-8-16)19(17,18)12-5-6-13(14)11(3)9-12/h5-6,9-10,16H,4,7-8,14H2,1-3H3. The fourth-order valence-electron chi connectivity index (χ4n) is 1.83. The molecule has 1 aromatic rings. The zero-order valence-corrected chi connectivity index (χ0v) is 12.4. The minimum atomic E-state index is -3.55. The van der Waals surface area contributed by atoms with Gasteiger partial charge in [-0.25, -0.2) is 8.42 Å². The predicted molar refractivity (Wildman–Crippen MR) is 76.3 cm³/mol. The van der Waals surface area contributed by atoms with Gasteiger partial charge in [-0.05, 0) is 51.0 Å². The van der Waals surface area contributed by atoms with Gasteiger partial charge in [-0.3, -0.25) is 0 Å². The summed E-state index contributed by atoms with van der Waals surface area (Å²) in [4.78, 5) is 0.242. The quantitative estimate of drug-likeness (QED) is 0.773. The molecule has 0 aliphatic carbocycles. The van der Waals surface area contributed by atoms with Crippen molar-refractivity contribution in [1.82, 2.24) is 4.31 Å². The summed E-state index contributed by atoms with van der Waals surface area (Å²) >= 11 is 0. The molecule has 5 nitrogen and oxygen atoms in total. The molecule has 108 valence electrons. The third kappa shape index (κ3) is 3.68. The molecule has 0 atom stereocenters. The van der Waals surface area contributed by atoms with E-state index < -0.39 is 10.0 Å². The Kier molecular flexibility index (Phi) is 5.34.